The summed E-state index contributed by atoms with van der Waals surface area (Å²) in [5.41, 5.74) is 5.65. The number of hydrogen-bond donors (Lipinski definition) is 3. The number of aliphatic carboxylic acids is 1. The first-order chi connectivity index (χ1) is 7.00. The molecule has 0 aliphatic heterocycles. The third kappa shape index (κ3) is 2.87. The minimum Gasteiger partial charge on any atom is -0.480 e. The molecule has 0 aliphatic carbocycles. The normalized spacial score (nSPS) is 9.60. The molecular formula is C9H9NO5. The number of hydrogen-bond acceptors (Lipinski definition) is 4. The van der Waals surface area contributed by atoms with E-state index < -0.39 is 18.5 Å². The van der Waals surface area contributed by atoms with Gasteiger partial charge in [0, 0.05) is 0 Å². The van der Waals surface area contributed by atoms with Crippen molar-refractivity contribution in [2.75, 3.05) is 12.3 Å². The first-order valence-electron chi connectivity index (χ1n) is 3.98. The number of carboxylic acid groups (broad SMARTS) is 2. The maximum atomic E-state index is 10.6. The minimum absolute atomic E-state index is 0.00964. The topological polar surface area (TPSA) is 110 Å². The Morgan fingerprint density at radius 3 is 2.53 bits per heavy atom. The molecule has 0 saturated heterocycles. The molecule has 80 valence electrons. The molecule has 4 N–H and O–H groups in total. The summed E-state index contributed by atoms with van der Waals surface area (Å²) in [6.45, 7) is -0.562. The van der Waals surface area contributed by atoms with Crippen molar-refractivity contribution >= 4 is 17.6 Å². The van der Waals surface area contributed by atoms with Crippen molar-refractivity contribution in [3.63, 3.8) is 0 Å². The standard InChI is InChI=1S/C9H9NO5/c10-6-2-1-5(9(13)14)3-7(6)15-4-8(11)12/h1-3H,4,10H2,(H,11,12)(H,13,14). The van der Waals surface area contributed by atoms with Gasteiger partial charge in [0.25, 0.3) is 0 Å². The lowest BCUT2D eigenvalue weighted by Crippen LogP contribution is -2.11. The van der Waals surface area contributed by atoms with Gasteiger partial charge in [-0.3, -0.25) is 0 Å². The zero-order chi connectivity index (χ0) is 11.4. The number of nitrogen functional groups attached to an aromatic ring is 1. The van der Waals surface area contributed by atoms with E-state index in [9.17, 15) is 9.59 Å². The van der Waals surface area contributed by atoms with E-state index >= 15 is 0 Å². The Morgan fingerprint density at radius 1 is 1.33 bits per heavy atom. The van der Waals surface area contributed by atoms with Gasteiger partial charge in [-0.25, -0.2) is 9.59 Å². The Labute approximate surface area is 84.9 Å². The Bertz CT molecular complexity index is 401. The summed E-state index contributed by atoms with van der Waals surface area (Å²) in [5.74, 6) is -2.23. The van der Waals surface area contributed by atoms with Gasteiger partial charge in [-0.05, 0) is 18.2 Å². The van der Waals surface area contributed by atoms with Crippen LogP contribution in [0.1, 0.15) is 10.4 Å². The molecule has 1 aromatic carbocycles. The van der Waals surface area contributed by atoms with Gasteiger partial charge in [-0.15, -0.1) is 0 Å². The fourth-order valence-electron chi connectivity index (χ4n) is 0.932. The van der Waals surface area contributed by atoms with Crippen LogP contribution in [0, 0.1) is 0 Å². The number of carboxylic acids is 2. The Balaban J connectivity index is 2.90. The quantitative estimate of drug-likeness (QED) is 0.623. The molecule has 0 radical (unpaired) electrons. The predicted octanol–water partition coefficient (Wildman–Crippen LogP) is 0.430. The summed E-state index contributed by atoms with van der Waals surface area (Å²) in [6.07, 6.45) is 0. The van der Waals surface area contributed by atoms with Gasteiger partial charge >= 0.3 is 11.9 Å². The van der Waals surface area contributed by atoms with Gasteiger partial charge in [-0.2, -0.15) is 0 Å². The van der Waals surface area contributed by atoms with Crippen molar-refractivity contribution in [1.29, 1.82) is 0 Å². The highest BCUT2D eigenvalue weighted by Crippen LogP contribution is 2.22. The predicted molar refractivity (Wildman–Crippen MR) is 50.9 cm³/mol. The lowest BCUT2D eigenvalue weighted by atomic mass is 10.2. The largest absolute Gasteiger partial charge is 0.480 e. The van der Waals surface area contributed by atoms with E-state index in [4.69, 9.17) is 20.7 Å². The summed E-state index contributed by atoms with van der Waals surface area (Å²) in [4.78, 5) is 20.8. The van der Waals surface area contributed by atoms with Crippen LogP contribution >= 0.6 is 0 Å². The molecule has 0 heterocycles. The van der Waals surface area contributed by atoms with Crippen molar-refractivity contribution in [1.82, 2.24) is 0 Å². The van der Waals surface area contributed by atoms with E-state index in [0.717, 1.165) is 0 Å². The molecule has 0 saturated carbocycles. The van der Waals surface area contributed by atoms with Crippen LogP contribution in [0.3, 0.4) is 0 Å². The highest BCUT2D eigenvalue weighted by Gasteiger charge is 2.08. The van der Waals surface area contributed by atoms with E-state index in [1.54, 1.807) is 0 Å². The fraction of sp³-hybridized carbons (Fsp3) is 0.111. The van der Waals surface area contributed by atoms with Crippen LogP contribution < -0.4 is 10.5 Å². The van der Waals surface area contributed by atoms with Crippen molar-refractivity contribution in [2.24, 2.45) is 0 Å². The molecule has 0 aromatic heterocycles. The number of benzene rings is 1. The number of aromatic carboxylic acids is 1. The third-order valence-electron chi connectivity index (χ3n) is 1.61. The smallest absolute Gasteiger partial charge is 0.341 e. The average molecular weight is 211 g/mol. The lowest BCUT2D eigenvalue weighted by Gasteiger charge is -2.07. The Kier molecular flexibility index (Phi) is 3.12. The second-order valence-electron chi connectivity index (χ2n) is 2.74. The number of nitrogens with two attached hydrogens (primary N) is 1. The molecule has 0 amide bonds. The zero-order valence-electron chi connectivity index (χ0n) is 7.64. The van der Waals surface area contributed by atoms with E-state index in [1.165, 1.54) is 18.2 Å². The molecule has 0 atom stereocenters. The second-order valence-corrected chi connectivity index (χ2v) is 2.74. The summed E-state index contributed by atoms with van der Waals surface area (Å²) in [7, 11) is 0. The maximum Gasteiger partial charge on any atom is 0.341 e. The molecule has 15 heavy (non-hydrogen) atoms. The molecule has 0 spiro atoms. The summed E-state index contributed by atoms with van der Waals surface area (Å²) < 4.78 is 4.80. The number of rotatable bonds is 4. The van der Waals surface area contributed by atoms with Gasteiger partial charge in [0.2, 0.25) is 0 Å². The molecule has 1 aromatic rings. The first kappa shape index (κ1) is 10.8. The van der Waals surface area contributed by atoms with E-state index in [1.807, 2.05) is 0 Å². The molecule has 6 nitrogen and oxygen atoms in total. The van der Waals surface area contributed by atoms with Gasteiger partial charge in [0.15, 0.2) is 6.61 Å². The minimum atomic E-state index is -1.16. The van der Waals surface area contributed by atoms with Crippen LogP contribution in [0.2, 0.25) is 0 Å². The van der Waals surface area contributed by atoms with E-state index in [2.05, 4.69) is 0 Å². The molecule has 6 heteroatoms. The van der Waals surface area contributed by atoms with Gasteiger partial charge in [0.05, 0.1) is 11.3 Å². The number of anilines is 1. The van der Waals surface area contributed by atoms with Crippen LogP contribution in [0.5, 0.6) is 5.75 Å². The van der Waals surface area contributed by atoms with Gasteiger partial charge < -0.3 is 20.7 Å². The Hall–Kier alpha value is -2.24. The molecule has 1 rings (SSSR count). The van der Waals surface area contributed by atoms with Crippen molar-refractivity contribution < 1.29 is 24.5 Å². The van der Waals surface area contributed by atoms with Crippen LogP contribution in [-0.2, 0) is 4.79 Å². The van der Waals surface area contributed by atoms with Crippen LogP contribution in [-0.4, -0.2) is 28.8 Å². The van der Waals surface area contributed by atoms with Crippen molar-refractivity contribution in [3.05, 3.63) is 23.8 Å². The highest BCUT2D eigenvalue weighted by molar-refractivity contribution is 5.89. The van der Waals surface area contributed by atoms with Gasteiger partial charge in [0.1, 0.15) is 5.75 Å². The number of carbonyl (C=O) groups is 2. The molecule has 0 unspecified atom stereocenters. The van der Waals surface area contributed by atoms with E-state index in [0.29, 0.717) is 0 Å². The number of ether oxygens (including phenoxy) is 1. The fourth-order valence-corrected chi connectivity index (χ4v) is 0.932. The highest BCUT2D eigenvalue weighted by atomic mass is 16.5. The van der Waals surface area contributed by atoms with Crippen molar-refractivity contribution in [2.45, 2.75) is 0 Å². The molecule has 0 aliphatic rings. The first-order valence-corrected chi connectivity index (χ1v) is 3.98. The SMILES string of the molecule is Nc1ccc(C(=O)O)cc1OCC(=O)O. The second kappa shape index (κ2) is 4.32. The van der Waals surface area contributed by atoms with Crippen LogP contribution in [0.4, 0.5) is 5.69 Å². The summed E-state index contributed by atoms with van der Waals surface area (Å²) >= 11 is 0. The Morgan fingerprint density at radius 2 is 2.00 bits per heavy atom. The van der Waals surface area contributed by atoms with Gasteiger partial charge in [-0.1, -0.05) is 0 Å². The molecule has 0 bridgehead atoms. The zero-order valence-corrected chi connectivity index (χ0v) is 7.64. The third-order valence-corrected chi connectivity index (χ3v) is 1.61. The maximum absolute atomic E-state index is 10.6. The molecule has 0 fully saturated rings. The summed E-state index contributed by atoms with van der Waals surface area (Å²) in [5, 5.41) is 17.0. The van der Waals surface area contributed by atoms with Crippen LogP contribution in [0.25, 0.3) is 0 Å². The monoisotopic (exact) mass is 211 g/mol. The summed E-state index contributed by atoms with van der Waals surface area (Å²) in [6, 6.07) is 3.84. The molecular weight excluding hydrogens is 202 g/mol. The van der Waals surface area contributed by atoms with Crippen molar-refractivity contribution in [3.8, 4) is 5.75 Å². The average Bonchev–Trinajstić information content (AvgIpc) is 2.16. The lowest BCUT2D eigenvalue weighted by molar-refractivity contribution is -0.139. The van der Waals surface area contributed by atoms with E-state index in [-0.39, 0.29) is 17.0 Å². The van der Waals surface area contributed by atoms with Crippen LogP contribution in [0.15, 0.2) is 18.2 Å².